The minimum atomic E-state index is 0.553. The lowest BCUT2D eigenvalue weighted by Gasteiger charge is -2.32. The summed E-state index contributed by atoms with van der Waals surface area (Å²) in [6, 6.07) is 0.673. The van der Waals surface area contributed by atoms with Crippen LogP contribution in [-0.2, 0) is 0 Å². The Hall–Kier alpha value is -1.36. The molecule has 1 atom stereocenters. The molecule has 2 aliphatic heterocycles. The van der Waals surface area contributed by atoms with Crippen LogP contribution in [-0.4, -0.2) is 47.1 Å². The normalized spacial score (nSPS) is 25.6. The van der Waals surface area contributed by atoms with E-state index in [0.717, 1.165) is 18.9 Å². The zero-order chi connectivity index (χ0) is 12.4. The molecule has 2 saturated heterocycles. The maximum absolute atomic E-state index is 5.90. The van der Waals surface area contributed by atoms with E-state index >= 15 is 0 Å². The average Bonchev–Trinajstić information content (AvgIpc) is 2.90. The molecule has 5 heteroatoms. The molecule has 1 unspecified atom stereocenters. The fraction of sp³-hybridized carbons (Fsp3) is 0.692. The standard InChI is InChI=1S/C13H21N5/c14-12-13(16-6-5-15-12)18-9-4-11(10-18)17-7-2-1-3-8-17/h5-6,11H,1-4,7-10H2,(H2,14,15). The Morgan fingerprint density at radius 1 is 1.06 bits per heavy atom. The van der Waals surface area contributed by atoms with Crippen LogP contribution in [0.2, 0.25) is 0 Å². The topological polar surface area (TPSA) is 58.3 Å². The van der Waals surface area contributed by atoms with Gasteiger partial charge in [0.2, 0.25) is 0 Å². The van der Waals surface area contributed by atoms with Gasteiger partial charge in [-0.1, -0.05) is 6.42 Å². The minimum Gasteiger partial charge on any atom is -0.381 e. The highest BCUT2D eigenvalue weighted by Gasteiger charge is 2.29. The number of piperidine rings is 1. The molecule has 5 nitrogen and oxygen atoms in total. The lowest BCUT2D eigenvalue weighted by atomic mass is 10.1. The van der Waals surface area contributed by atoms with Crippen LogP contribution in [0.1, 0.15) is 25.7 Å². The molecule has 98 valence electrons. The highest BCUT2D eigenvalue weighted by Crippen LogP contribution is 2.25. The summed E-state index contributed by atoms with van der Waals surface area (Å²) < 4.78 is 0. The van der Waals surface area contributed by atoms with Crippen LogP contribution < -0.4 is 10.6 Å². The molecule has 1 aromatic heterocycles. The summed E-state index contributed by atoms with van der Waals surface area (Å²) in [6.45, 7) is 4.61. The first-order valence-corrected chi connectivity index (χ1v) is 6.90. The number of hydrogen-bond acceptors (Lipinski definition) is 5. The lowest BCUT2D eigenvalue weighted by molar-refractivity contribution is 0.175. The van der Waals surface area contributed by atoms with E-state index in [0.29, 0.717) is 11.9 Å². The number of anilines is 2. The van der Waals surface area contributed by atoms with Crippen molar-refractivity contribution in [3.8, 4) is 0 Å². The Morgan fingerprint density at radius 2 is 1.83 bits per heavy atom. The van der Waals surface area contributed by atoms with Gasteiger partial charge in [-0.05, 0) is 32.4 Å². The summed E-state index contributed by atoms with van der Waals surface area (Å²) in [5.74, 6) is 1.41. The Labute approximate surface area is 108 Å². The first-order chi connectivity index (χ1) is 8.84. The average molecular weight is 247 g/mol. The molecule has 3 rings (SSSR count). The highest BCUT2D eigenvalue weighted by atomic mass is 15.3. The molecule has 0 bridgehead atoms. The summed E-state index contributed by atoms with van der Waals surface area (Å²) in [7, 11) is 0. The van der Waals surface area contributed by atoms with E-state index in [2.05, 4.69) is 19.8 Å². The van der Waals surface area contributed by atoms with E-state index < -0.39 is 0 Å². The van der Waals surface area contributed by atoms with Crippen LogP contribution in [0.5, 0.6) is 0 Å². The third kappa shape index (κ3) is 2.27. The molecule has 3 heterocycles. The summed E-state index contributed by atoms with van der Waals surface area (Å²) in [4.78, 5) is 13.4. The Bertz CT molecular complexity index is 402. The van der Waals surface area contributed by atoms with Gasteiger partial charge in [0, 0.05) is 31.5 Å². The third-order valence-electron chi connectivity index (χ3n) is 4.08. The van der Waals surface area contributed by atoms with E-state index in [1.54, 1.807) is 12.4 Å². The number of rotatable bonds is 2. The Morgan fingerprint density at radius 3 is 2.61 bits per heavy atom. The largest absolute Gasteiger partial charge is 0.381 e. The Balaban J connectivity index is 1.66. The predicted octanol–water partition coefficient (Wildman–Crippen LogP) is 1.12. The number of aromatic nitrogens is 2. The van der Waals surface area contributed by atoms with Crippen molar-refractivity contribution in [3.05, 3.63) is 12.4 Å². The summed E-state index contributed by atoms with van der Waals surface area (Å²) in [5.41, 5.74) is 5.90. The van der Waals surface area contributed by atoms with Crippen molar-refractivity contribution < 1.29 is 0 Å². The molecule has 0 radical (unpaired) electrons. The van der Waals surface area contributed by atoms with Crippen LogP contribution in [0.4, 0.5) is 11.6 Å². The second kappa shape index (κ2) is 5.10. The van der Waals surface area contributed by atoms with Crippen molar-refractivity contribution in [2.45, 2.75) is 31.7 Å². The number of nitrogens with two attached hydrogens (primary N) is 1. The molecule has 18 heavy (non-hydrogen) atoms. The second-order valence-electron chi connectivity index (χ2n) is 5.25. The van der Waals surface area contributed by atoms with Gasteiger partial charge in [0.15, 0.2) is 11.6 Å². The van der Waals surface area contributed by atoms with Crippen molar-refractivity contribution in [2.75, 3.05) is 36.8 Å². The van der Waals surface area contributed by atoms with Gasteiger partial charge in [-0.25, -0.2) is 9.97 Å². The zero-order valence-electron chi connectivity index (χ0n) is 10.8. The maximum Gasteiger partial charge on any atom is 0.171 e. The molecular weight excluding hydrogens is 226 g/mol. The van der Waals surface area contributed by atoms with Gasteiger partial charge >= 0.3 is 0 Å². The molecule has 2 aliphatic rings. The van der Waals surface area contributed by atoms with E-state index in [-0.39, 0.29) is 0 Å². The van der Waals surface area contributed by atoms with Crippen molar-refractivity contribution in [2.24, 2.45) is 0 Å². The summed E-state index contributed by atoms with van der Waals surface area (Å²) in [5, 5.41) is 0. The molecular formula is C13H21N5. The summed E-state index contributed by atoms with van der Waals surface area (Å²) >= 11 is 0. The van der Waals surface area contributed by atoms with Gasteiger partial charge in [-0.15, -0.1) is 0 Å². The van der Waals surface area contributed by atoms with Gasteiger partial charge in [0.25, 0.3) is 0 Å². The van der Waals surface area contributed by atoms with Gasteiger partial charge < -0.3 is 10.6 Å². The molecule has 0 aliphatic carbocycles. The van der Waals surface area contributed by atoms with E-state index in [1.165, 1.54) is 38.8 Å². The molecule has 0 amide bonds. The quantitative estimate of drug-likeness (QED) is 0.849. The van der Waals surface area contributed by atoms with Crippen molar-refractivity contribution in [1.29, 1.82) is 0 Å². The SMILES string of the molecule is Nc1nccnc1N1CCC(N2CCCCC2)C1. The van der Waals surface area contributed by atoms with Gasteiger partial charge in [0.05, 0.1) is 0 Å². The smallest absolute Gasteiger partial charge is 0.171 e. The first kappa shape index (κ1) is 11.7. The van der Waals surface area contributed by atoms with Crippen LogP contribution in [0, 0.1) is 0 Å². The third-order valence-corrected chi connectivity index (χ3v) is 4.08. The monoisotopic (exact) mass is 247 g/mol. The van der Waals surface area contributed by atoms with Crippen LogP contribution in [0.15, 0.2) is 12.4 Å². The van der Waals surface area contributed by atoms with Crippen LogP contribution in [0.3, 0.4) is 0 Å². The number of nitrogen functional groups attached to an aromatic ring is 1. The van der Waals surface area contributed by atoms with Crippen LogP contribution >= 0.6 is 0 Å². The van der Waals surface area contributed by atoms with Crippen molar-refractivity contribution in [3.63, 3.8) is 0 Å². The molecule has 2 N–H and O–H groups in total. The fourth-order valence-corrected chi connectivity index (χ4v) is 3.10. The number of hydrogen-bond donors (Lipinski definition) is 1. The fourth-order valence-electron chi connectivity index (χ4n) is 3.10. The van der Waals surface area contributed by atoms with E-state index in [1.807, 2.05) is 0 Å². The molecule has 1 aromatic rings. The molecule has 2 fully saturated rings. The second-order valence-corrected chi connectivity index (χ2v) is 5.25. The zero-order valence-corrected chi connectivity index (χ0v) is 10.8. The van der Waals surface area contributed by atoms with Gasteiger partial charge in [0.1, 0.15) is 0 Å². The van der Waals surface area contributed by atoms with Gasteiger partial charge in [-0.3, -0.25) is 4.90 Å². The minimum absolute atomic E-state index is 0.553. The van der Waals surface area contributed by atoms with Crippen LogP contribution in [0.25, 0.3) is 0 Å². The van der Waals surface area contributed by atoms with E-state index in [9.17, 15) is 0 Å². The number of nitrogens with zero attached hydrogens (tertiary/aromatic N) is 4. The molecule has 0 spiro atoms. The maximum atomic E-state index is 5.90. The highest BCUT2D eigenvalue weighted by molar-refractivity contribution is 5.57. The van der Waals surface area contributed by atoms with Crippen molar-refractivity contribution in [1.82, 2.24) is 14.9 Å². The van der Waals surface area contributed by atoms with Gasteiger partial charge in [-0.2, -0.15) is 0 Å². The Kier molecular flexibility index (Phi) is 3.32. The molecule has 0 saturated carbocycles. The summed E-state index contributed by atoms with van der Waals surface area (Å²) in [6.07, 6.45) is 8.69. The predicted molar refractivity (Wildman–Crippen MR) is 72.5 cm³/mol. The molecule has 0 aromatic carbocycles. The van der Waals surface area contributed by atoms with Crippen molar-refractivity contribution >= 4 is 11.6 Å². The van der Waals surface area contributed by atoms with E-state index in [4.69, 9.17) is 5.73 Å². The lowest BCUT2D eigenvalue weighted by Crippen LogP contribution is -2.41. The first-order valence-electron chi connectivity index (χ1n) is 6.90. The number of likely N-dealkylation sites (tertiary alicyclic amines) is 1.